The number of rotatable bonds is 7. The number of nitrogens with zero attached hydrogens (tertiary/aromatic N) is 4. The molecule has 0 spiro atoms. The van der Waals surface area contributed by atoms with Crippen molar-refractivity contribution < 1.29 is 9.53 Å². The highest BCUT2D eigenvalue weighted by Crippen LogP contribution is 2.34. The van der Waals surface area contributed by atoms with Crippen LogP contribution in [0, 0.1) is 5.41 Å². The summed E-state index contributed by atoms with van der Waals surface area (Å²) in [5, 5.41) is 16.9. The summed E-state index contributed by atoms with van der Waals surface area (Å²) in [4.78, 5) is 17.0. The molecule has 1 amide bonds. The van der Waals surface area contributed by atoms with Gasteiger partial charge in [0.2, 0.25) is 5.17 Å². The minimum absolute atomic E-state index is 0.0628. The maximum absolute atomic E-state index is 12.8. The second-order valence-electron chi connectivity index (χ2n) is 9.91. The van der Waals surface area contributed by atoms with Crippen LogP contribution < -0.4 is 4.74 Å². The average Bonchev–Trinajstić information content (AvgIpc) is 3.53. The molecule has 3 aromatic rings. The molecular formula is C30H31N5O2S. The highest BCUT2D eigenvalue weighted by Gasteiger charge is 2.35. The first-order valence-electron chi connectivity index (χ1n) is 13.4. The third-order valence-corrected chi connectivity index (χ3v) is 8.53. The number of ether oxygens (including phenoxy) is 1. The number of benzene rings is 2. The van der Waals surface area contributed by atoms with Crippen LogP contribution in [0.5, 0.6) is 5.75 Å². The zero-order valence-electron chi connectivity index (χ0n) is 21.5. The van der Waals surface area contributed by atoms with E-state index in [1.807, 2.05) is 31.3 Å². The Morgan fingerprint density at radius 1 is 1.11 bits per heavy atom. The first-order valence-corrected chi connectivity index (χ1v) is 14.2. The average molecular weight is 526 g/mol. The molecule has 6 rings (SSSR count). The third kappa shape index (κ3) is 4.80. The molecular weight excluding hydrogens is 494 g/mol. The van der Waals surface area contributed by atoms with Gasteiger partial charge in [0.25, 0.3) is 5.91 Å². The fraction of sp³-hybridized carbons (Fsp3) is 0.333. The minimum atomic E-state index is -0.404. The van der Waals surface area contributed by atoms with E-state index in [1.165, 1.54) is 54.4 Å². The van der Waals surface area contributed by atoms with Crippen LogP contribution in [0.25, 0.3) is 17.0 Å². The standard InChI is InChI=1S/C30H31N5O2S/c1-2-27-33-35-28(31)25(29(36)32-30(35)38-27)18-22-19-34(26-11-7-6-10-24(22)26)16-17-37-23-14-12-21(13-15-23)20-8-4-3-5-9-20/h6-7,10-15,18-20,31H,2-5,8-9,16-17H2,1H3/b25-18-,31-28?. The van der Waals surface area contributed by atoms with E-state index in [-0.39, 0.29) is 11.4 Å². The van der Waals surface area contributed by atoms with Crippen molar-refractivity contribution in [2.45, 2.75) is 57.9 Å². The zero-order valence-corrected chi connectivity index (χ0v) is 22.3. The number of para-hydroxylation sites is 1. The number of carbonyl (C=O) groups is 1. The highest BCUT2D eigenvalue weighted by molar-refractivity contribution is 8.26. The number of hydrogen-bond donors (Lipinski definition) is 1. The second-order valence-corrected chi connectivity index (χ2v) is 11.0. The molecule has 0 unspecified atom stereocenters. The van der Waals surface area contributed by atoms with E-state index in [4.69, 9.17) is 10.1 Å². The van der Waals surface area contributed by atoms with Gasteiger partial charge in [-0.1, -0.05) is 56.5 Å². The van der Waals surface area contributed by atoms with Gasteiger partial charge in [-0.15, -0.1) is 0 Å². The molecule has 0 atom stereocenters. The number of fused-ring (bicyclic) bond motifs is 2. The molecule has 0 saturated heterocycles. The van der Waals surface area contributed by atoms with Gasteiger partial charge in [-0.3, -0.25) is 10.2 Å². The molecule has 1 saturated carbocycles. The molecule has 7 nitrogen and oxygen atoms in total. The lowest BCUT2D eigenvalue weighted by Crippen LogP contribution is -2.35. The minimum Gasteiger partial charge on any atom is -0.492 e. The van der Waals surface area contributed by atoms with Crippen LogP contribution in [-0.4, -0.2) is 38.1 Å². The van der Waals surface area contributed by atoms with Crippen molar-refractivity contribution in [2.75, 3.05) is 6.61 Å². The molecule has 194 valence electrons. The van der Waals surface area contributed by atoms with Crippen LogP contribution in [0.4, 0.5) is 0 Å². The number of nitrogens with one attached hydrogen (secondary N) is 1. The number of amides is 1. The normalized spacial score (nSPS) is 19.2. The van der Waals surface area contributed by atoms with E-state index < -0.39 is 5.91 Å². The number of carbonyl (C=O) groups excluding carboxylic acids is 1. The molecule has 8 heteroatoms. The fourth-order valence-corrected chi connectivity index (χ4v) is 6.26. The van der Waals surface area contributed by atoms with Gasteiger partial charge in [0.1, 0.15) is 17.4 Å². The predicted molar refractivity (Wildman–Crippen MR) is 155 cm³/mol. The zero-order chi connectivity index (χ0) is 26.1. The number of amidine groups is 2. The Bertz CT molecular complexity index is 1480. The Morgan fingerprint density at radius 2 is 1.89 bits per heavy atom. The Morgan fingerprint density at radius 3 is 2.68 bits per heavy atom. The van der Waals surface area contributed by atoms with Crippen molar-refractivity contribution in [3.05, 3.63) is 71.4 Å². The molecule has 38 heavy (non-hydrogen) atoms. The van der Waals surface area contributed by atoms with Crippen molar-refractivity contribution in [3.8, 4) is 5.75 Å². The number of hydrogen-bond acceptors (Lipinski definition) is 5. The Labute approximate surface area is 226 Å². The van der Waals surface area contributed by atoms with Crippen LogP contribution in [0.1, 0.15) is 62.5 Å². The summed E-state index contributed by atoms with van der Waals surface area (Å²) in [6, 6.07) is 16.7. The second kappa shape index (κ2) is 10.6. The van der Waals surface area contributed by atoms with E-state index in [9.17, 15) is 4.79 Å². The molecule has 3 heterocycles. The molecule has 1 fully saturated rings. The van der Waals surface area contributed by atoms with E-state index in [1.54, 1.807) is 6.08 Å². The summed E-state index contributed by atoms with van der Waals surface area (Å²) >= 11 is 1.35. The topological polar surface area (TPSA) is 83.0 Å². The molecule has 0 bridgehead atoms. The summed E-state index contributed by atoms with van der Waals surface area (Å²) in [6.45, 7) is 3.19. The van der Waals surface area contributed by atoms with Gasteiger partial charge in [-0.25, -0.2) is 0 Å². The van der Waals surface area contributed by atoms with E-state index in [2.05, 4.69) is 45.0 Å². The summed E-state index contributed by atoms with van der Waals surface area (Å²) in [7, 11) is 0. The van der Waals surface area contributed by atoms with Crippen molar-refractivity contribution in [1.82, 2.24) is 9.58 Å². The van der Waals surface area contributed by atoms with E-state index in [0.29, 0.717) is 24.2 Å². The Balaban J connectivity index is 1.19. The molecule has 2 aliphatic heterocycles. The van der Waals surface area contributed by atoms with Gasteiger partial charge in [-0.2, -0.15) is 15.1 Å². The SMILES string of the molecule is CCC1=NN2C(=N)/C(=C/c3cn(CCOc4ccc(C5CCCCC5)cc4)c4ccccc34)C(=O)N=C2S1. The monoisotopic (exact) mass is 525 g/mol. The number of aromatic nitrogens is 1. The molecule has 1 aromatic heterocycles. The predicted octanol–water partition coefficient (Wildman–Crippen LogP) is 6.80. The van der Waals surface area contributed by atoms with Crippen molar-refractivity contribution in [2.24, 2.45) is 10.1 Å². The van der Waals surface area contributed by atoms with Gasteiger partial charge in [-0.05, 0) is 66.8 Å². The van der Waals surface area contributed by atoms with E-state index >= 15 is 0 Å². The van der Waals surface area contributed by atoms with Crippen molar-refractivity contribution in [3.63, 3.8) is 0 Å². The Hall–Kier alpha value is -3.65. The summed E-state index contributed by atoms with van der Waals surface area (Å²) in [5.41, 5.74) is 3.59. The van der Waals surface area contributed by atoms with Gasteiger partial charge >= 0.3 is 0 Å². The summed E-state index contributed by atoms with van der Waals surface area (Å²) in [6.07, 6.45) is 11.1. The molecule has 0 radical (unpaired) electrons. The molecule has 3 aliphatic rings. The maximum atomic E-state index is 12.8. The largest absolute Gasteiger partial charge is 0.492 e. The van der Waals surface area contributed by atoms with Crippen LogP contribution in [-0.2, 0) is 11.3 Å². The van der Waals surface area contributed by atoms with Crippen LogP contribution in [0.2, 0.25) is 0 Å². The van der Waals surface area contributed by atoms with Crippen LogP contribution >= 0.6 is 11.8 Å². The molecule has 2 aromatic carbocycles. The van der Waals surface area contributed by atoms with Crippen LogP contribution in [0.15, 0.2) is 70.4 Å². The first-order chi connectivity index (χ1) is 18.6. The first kappa shape index (κ1) is 24.7. The Kier molecular flexibility index (Phi) is 6.89. The quantitative estimate of drug-likeness (QED) is 0.344. The van der Waals surface area contributed by atoms with Gasteiger partial charge in [0.05, 0.1) is 12.1 Å². The smallest absolute Gasteiger partial charge is 0.283 e. The third-order valence-electron chi connectivity index (χ3n) is 7.48. The fourth-order valence-electron chi connectivity index (χ4n) is 5.44. The van der Waals surface area contributed by atoms with Crippen molar-refractivity contribution >= 4 is 50.7 Å². The highest BCUT2D eigenvalue weighted by atomic mass is 32.2. The van der Waals surface area contributed by atoms with Gasteiger partial charge < -0.3 is 9.30 Å². The van der Waals surface area contributed by atoms with Gasteiger partial charge in [0, 0.05) is 22.7 Å². The summed E-state index contributed by atoms with van der Waals surface area (Å²) in [5.74, 6) is 1.23. The summed E-state index contributed by atoms with van der Waals surface area (Å²) < 4.78 is 8.24. The lowest BCUT2D eigenvalue weighted by molar-refractivity contribution is -0.114. The number of hydrazone groups is 1. The van der Waals surface area contributed by atoms with Crippen LogP contribution in [0.3, 0.4) is 0 Å². The molecule has 1 aliphatic carbocycles. The lowest BCUT2D eigenvalue weighted by atomic mass is 9.84. The van der Waals surface area contributed by atoms with Gasteiger partial charge in [0.15, 0.2) is 5.84 Å². The maximum Gasteiger partial charge on any atom is 0.283 e. The molecule has 1 N–H and O–H groups in total. The van der Waals surface area contributed by atoms with E-state index in [0.717, 1.165) is 33.7 Å². The lowest BCUT2D eigenvalue weighted by Gasteiger charge is -2.22. The number of aliphatic imine (C=N–C) groups is 1. The number of thioether (sulfide) groups is 1. The van der Waals surface area contributed by atoms with Crippen molar-refractivity contribution in [1.29, 1.82) is 5.41 Å².